The van der Waals surface area contributed by atoms with Gasteiger partial charge in [-0.25, -0.2) is 0 Å². The Balaban J connectivity index is 2.84. The Bertz CT molecular complexity index is 463. The van der Waals surface area contributed by atoms with Crippen LogP contribution in [0.25, 0.3) is 5.65 Å². The summed E-state index contributed by atoms with van der Waals surface area (Å²) in [7, 11) is 0. The van der Waals surface area contributed by atoms with Gasteiger partial charge in [-0.15, -0.1) is 10.2 Å². The highest BCUT2D eigenvalue weighted by molar-refractivity contribution is 5.46. The number of hydrogen-bond donors (Lipinski definition) is 0. The quantitative estimate of drug-likeness (QED) is 0.572. The minimum atomic E-state index is 0.655. The van der Waals surface area contributed by atoms with E-state index in [1.807, 2.05) is 13.0 Å². The van der Waals surface area contributed by atoms with Gasteiger partial charge in [-0.3, -0.25) is 4.40 Å². The van der Waals surface area contributed by atoms with E-state index in [9.17, 15) is 0 Å². The van der Waals surface area contributed by atoms with Gasteiger partial charge in [0.2, 0.25) is 0 Å². The van der Waals surface area contributed by atoms with Gasteiger partial charge in [-0.2, -0.15) is 5.26 Å². The van der Waals surface area contributed by atoms with E-state index >= 15 is 0 Å². The number of nitriles is 1. The van der Waals surface area contributed by atoms with Crippen molar-refractivity contribution in [1.29, 1.82) is 5.26 Å². The molecule has 0 aliphatic rings. The van der Waals surface area contributed by atoms with Crippen molar-refractivity contribution in [3.63, 3.8) is 0 Å². The third kappa shape index (κ3) is 0.839. The maximum atomic E-state index is 8.71. The third-order valence-electron chi connectivity index (χ3n) is 1.76. The molecule has 0 aliphatic heterocycles. The van der Waals surface area contributed by atoms with Crippen molar-refractivity contribution in [2.45, 2.75) is 6.92 Å². The lowest BCUT2D eigenvalue weighted by atomic mass is 10.2. The molecule has 0 amide bonds. The van der Waals surface area contributed by atoms with E-state index in [1.165, 1.54) is 0 Å². The molecule has 4 heteroatoms. The Kier molecular flexibility index (Phi) is 1.31. The summed E-state index contributed by atoms with van der Waals surface area (Å²) in [6.45, 7) is 1.88. The molecule has 58 valence electrons. The SMILES string of the molecule is Cc1cc2nncn2cc1C#N. The molecule has 2 aromatic rings. The second-order valence-corrected chi connectivity index (χ2v) is 2.58. The average molecular weight is 158 g/mol. The zero-order chi connectivity index (χ0) is 8.55. The van der Waals surface area contributed by atoms with Crippen molar-refractivity contribution in [2.24, 2.45) is 0 Å². The van der Waals surface area contributed by atoms with Gasteiger partial charge in [-0.1, -0.05) is 0 Å². The van der Waals surface area contributed by atoms with Crippen LogP contribution in [0, 0.1) is 18.3 Å². The molecule has 2 heterocycles. The Morgan fingerprint density at radius 1 is 1.58 bits per heavy atom. The van der Waals surface area contributed by atoms with Crippen molar-refractivity contribution in [2.75, 3.05) is 0 Å². The van der Waals surface area contributed by atoms with Crippen LogP contribution in [-0.4, -0.2) is 14.6 Å². The Morgan fingerprint density at radius 2 is 2.42 bits per heavy atom. The van der Waals surface area contributed by atoms with Gasteiger partial charge in [0.25, 0.3) is 0 Å². The second kappa shape index (κ2) is 2.31. The largest absolute Gasteiger partial charge is 0.288 e. The predicted octanol–water partition coefficient (Wildman–Crippen LogP) is 0.909. The van der Waals surface area contributed by atoms with Crippen molar-refractivity contribution in [3.05, 3.63) is 29.7 Å². The number of aromatic nitrogens is 3. The van der Waals surface area contributed by atoms with Gasteiger partial charge in [0, 0.05) is 6.20 Å². The third-order valence-corrected chi connectivity index (χ3v) is 1.76. The number of aryl methyl sites for hydroxylation is 1. The standard InChI is InChI=1S/C8H6N4/c1-6-2-8-11-10-5-12(8)4-7(6)3-9/h2,4-5H,1H3. The summed E-state index contributed by atoms with van der Waals surface area (Å²) in [4.78, 5) is 0. The van der Waals surface area contributed by atoms with E-state index in [0.29, 0.717) is 5.56 Å². The van der Waals surface area contributed by atoms with Crippen molar-refractivity contribution in [1.82, 2.24) is 14.6 Å². The summed E-state index contributed by atoms with van der Waals surface area (Å²) in [6, 6.07) is 3.94. The van der Waals surface area contributed by atoms with E-state index in [0.717, 1.165) is 11.2 Å². The molecule has 0 radical (unpaired) electrons. The molecule has 0 N–H and O–H groups in total. The first-order valence-electron chi connectivity index (χ1n) is 3.51. The second-order valence-electron chi connectivity index (χ2n) is 2.58. The molecule has 0 bridgehead atoms. The summed E-state index contributed by atoms with van der Waals surface area (Å²) in [5.74, 6) is 0. The van der Waals surface area contributed by atoms with Crippen molar-refractivity contribution < 1.29 is 0 Å². The smallest absolute Gasteiger partial charge is 0.160 e. The highest BCUT2D eigenvalue weighted by atomic mass is 15.2. The number of hydrogen-bond acceptors (Lipinski definition) is 3. The van der Waals surface area contributed by atoms with Crippen LogP contribution >= 0.6 is 0 Å². The van der Waals surface area contributed by atoms with Gasteiger partial charge in [0.1, 0.15) is 12.4 Å². The van der Waals surface area contributed by atoms with Crippen LogP contribution in [0.5, 0.6) is 0 Å². The number of rotatable bonds is 0. The summed E-state index contributed by atoms with van der Waals surface area (Å²) >= 11 is 0. The Hall–Kier alpha value is -1.89. The normalized spacial score (nSPS) is 10.0. The molecule has 0 saturated carbocycles. The fourth-order valence-electron chi connectivity index (χ4n) is 1.08. The van der Waals surface area contributed by atoms with Crippen LogP contribution in [0.3, 0.4) is 0 Å². The fourth-order valence-corrected chi connectivity index (χ4v) is 1.08. The van der Waals surface area contributed by atoms with E-state index in [4.69, 9.17) is 5.26 Å². The fraction of sp³-hybridized carbons (Fsp3) is 0.125. The minimum absolute atomic E-state index is 0.655. The number of pyridine rings is 1. The van der Waals surface area contributed by atoms with E-state index < -0.39 is 0 Å². The molecule has 0 fully saturated rings. The monoisotopic (exact) mass is 158 g/mol. The summed E-state index contributed by atoms with van der Waals surface area (Å²) in [6.07, 6.45) is 3.31. The summed E-state index contributed by atoms with van der Waals surface area (Å²) < 4.78 is 1.73. The van der Waals surface area contributed by atoms with Gasteiger partial charge in [-0.05, 0) is 18.6 Å². The number of fused-ring (bicyclic) bond motifs is 1. The van der Waals surface area contributed by atoms with E-state index in [1.54, 1.807) is 16.9 Å². The number of nitrogens with zero attached hydrogens (tertiary/aromatic N) is 4. The van der Waals surface area contributed by atoms with Crippen molar-refractivity contribution >= 4 is 5.65 Å². The summed E-state index contributed by atoms with van der Waals surface area (Å²) in [5, 5.41) is 16.3. The van der Waals surface area contributed by atoms with Crippen LogP contribution < -0.4 is 0 Å². The lowest BCUT2D eigenvalue weighted by Crippen LogP contribution is -1.89. The summed E-state index contributed by atoms with van der Waals surface area (Å²) in [5.41, 5.74) is 2.35. The predicted molar refractivity (Wildman–Crippen MR) is 42.4 cm³/mol. The minimum Gasteiger partial charge on any atom is -0.288 e. The van der Waals surface area contributed by atoms with Gasteiger partial charge >= 0.3 is 0 Å². The molecule has 0 aromatic carbocycles. The van der Waals surface area contributed by atoms with Crippen LogP contribution in [-0.2, 0) is 0 Å². The van der Waals surface area contributed by atoms with Crippen LogP contribution in [0.2, 0.25) is 0 Å². The topological polar surface area (TPSA) is 54.0 Å². The Labute approximate surface area is 69.1 Å². The van der Waals surface area contributed by atoms with Crippen LogP contribution in [0.1, 0.15) is 11.1 Å². The maximum absolute atomic E-state index is 8.71. The highest BCUT2D eigenvalue weighted by Crippen LogP contribution is 2.08. The molecule has 4 nitrogen and oxygen atoms in total. The molecular formula is C8H6N4. The van der Waals surface area contributed by atoms with Crippen molar-refractivity contribution in [3.8, 4) is 6.07 Å². The van der Waals surface area contributed by atoms with Crippen LogP contribution in [0.4, 0.5) is 0 Å². The molecular weight excluding hydrogens is 152 g/mol. The lowest BCUT2D eigenvalue weighted by molar-refractivity contribution is 1.10. The highest BCUT2D eigenvalue weighted by Gasteiger charge is 2.00. The molecule has 12 heavy (non-hydrogen) atoms. The van der Waals surface area contributed by atoms with E-state index in [-0.39, 0.29) is 0 Å². The molecule has 0 saturated heterocycles. The van der Waals surface area contributed by atoms with Crippen LogP contribution in [0.15, 0.2) is 18.6 Å². The molecule has 0 atom stereocenters. The molecule has 2 rings (SSSR count). The zero-order valence-corrected chi connectivity index (χ0v) is 6.52. The first-order valence-corrected chi connectivity index (χ1v) is 3.51. The first kappa shape index (κ1) is 6.80. The molecule has 2 aromatic heterocycles. The van der Waals surface area contributed by atoms with Gasteiger partial charge < -0.3 is 0 Å². The van der Waals surface area contributed by atoms with Gasteiger partial charge in [0.05, 0.1) is 5.56 Å². The zero-order valence-electron chi connectivity index (χ0n) is 6.52. The first-order chi connectivity index (χ1) is 5.81. The lowest BCUT2D eigenvalue weighted by Gasteiger charge is -1.96. The Morgan fingerprint density at radius 3 is 3.17 bits per heavy atom. The molecule has 0 spiro atoms. The van der Waals surface area contributed by atoms with Gasteiger partial charge in [0.15, 0.2) is 5.65 Å². The maximum Gasteiger partial charge on any atom is 0.160 e. The molecule has 0 aliphatic carbocycles. The average Bonchev–Trinajstić information content (AvgIpc) is 2.49. The molecule has 0 unspecified atom stereocenters. The van der Waals surface area contributed by atoms with E-state index in [2.05, 4.69) is 16.3 Å².